The van der Waals surface area contributed by atoms with Gasteiger partial charge in [-0.2, -0.15) is 0 Å². The lowest BCUT2D eigenvalue weighted by Crippen LogP contribution is -2.49. The minimum absolute atomic E-state index is 0.0857. The van der Waals surface area contributed by atoms with Gasteiger partial charge in [0.15, 0.2) is 0 Å². The summed E-state index contributed by atoms with van der Waals surface area (Å²) in [4.78, 5) is 18.9. The van der Waals surface area contributed by atoms with Gasteiger partial charge in [0.2, 0.25) is 5.91 Å². The van der Waals surface area contributed by atoms with Crippen LogP contribution in [0, 0.1) is 13.8 Å². The third-order valence-corrected chi connectivity index (χ3v) is 5.38. The van der Waals surface area contributed by atoms with Crippen molar-refractivity contribution in [3.63, 3.8) is 0 Å². The molecule has 1 N–H and O–H groups in total. The average molecular weight is 367 g/mol. The Morgan fingerprint density at radius 1 is 1.22 bits per heavy atom. The highest BCUT2D eigenvalue weighted by Crippen LogP contribution is 2.22. The molecule has 1 amide bonds. The molecule has 0 bridgehead atoms. The fourth-order valence-corrected chi connectivity index (χ4v) is 3.46. The zero-order valence-electron chi connectivity index (χ0n) is 16.4. The second-order valence-electron chi connectivity index (χ2n) is 7.31. The van der Waals surface area contributed by atoms with Gasteiger partial charge in [0.1, 0.15) is 11.9 Å². The van der Waals surface area contributed by atoms with Crippen LogP contribution in [-0.4, -0.2) is 41.0 Å². The Kier molecular flexibility index (Phi) is 6.45. The lowest BCUT2D eigenvalue weighted by Gasteiger charge is -2.35. The fraction of sp³-hybridized carbons (Fsp3) is 0.455. The van der Waals surface area contributed by atoms with Gasteiger partial charge in [-0.15, -0.1) is 0 Å². The number of hydrogen-bond donors (Lipinski definition) is 1. The van der Waals surface area contributed by atoms with Crippen molar-refractivity contribution in [2.24, 2.45) is 0 Å². The smallest absolute Gasteiger partial charge is 0.237 e. The van der Waals surface area contributed by atoms with Gasteiger partial charge in [-0.25, -0.2) is 0 Å². The lowest BCUT2D eigenvalue weighted by atomic mass is 10.0. The van der Waals surface area contributed by atoms with E-state index in [1.165, 1.54) is 5.56 Å². The van der Waals surface area contributed by atoms with Crippen molar-refractivity contribution in [3.8, 4) is 5.75 Å². The van der Waals surface area contributed by atoms with E-state index in [1.54, 1.807) is 6.20 Å². The first kappa shape index (κ1) is 19.4. The number of carbonyl (C=O) groups is 1. The predicted molar refractivity (Wildman–Crippen MR) is 107 cm³/mol. The van der Waals surface area contributed by atoms with Crippen molar-refractivity contribution >= 4 is 5.91 Å². The van der Waals surface area contributed by atoms with Crippen LogP contribution in [-0.2, 0) is 11.3 Å². The first-order valence-corrected chi connectivity index (χ1v) is 9.68. The van der Waals surface area contributed by atoms with Gasteiger partial charge in [-0.1, -0.05) is 24.3 Å². The van der Waals surface area contributed by atoms with Crippen LogP contribution in [0.4, 0.5) is 0 Å². The largest absolute Gasteiger partial charge is 0.490 e. The van der Waals surface area contributed by atoms with E-state index in [9.17, 15) is 4.79 Å². The van der Waals surface area contributed by atoms with Crippen LogP contribution in [0.25, 0.3) is 0 Å². The molecule has 1 atom stereocenters. The maximum absolute atomic E-state index is 12.6. The minimum atomic E-state index is -0.127. The highest BCUT2D eigenvalue weighted by atomic mass is 16.5. The van der Waals surface area contributed by atoms with Gasteiger partial charge in [0, 0.05) is 37.6 Å². The normalized spacial score (nSPS) is 16.7. The number of nitrogens with one attached hydrogen (secondary N) is 1. The molecule has 3 rings (SSSR count). The molecule has 144 valence electrons. The second-order valence-corrected chi connectivity index (χ2v) is 7.31. The summed E-state index contributed by atoms with van der Waals surface area (Å²) >= 11 is 0. The number of hydrogen-bond acceptors (Lipinski definition) is 4. The molecule has 1 aliphatic rings. The number of rotatable bonds is 6. The Labute approximate surface area is 161 Å². The van der Waals surface area contributed by atoms with Crippen LogP contribution in [0.15, 0.2) is 42.7 Å². The molecule has 1 unspecified atom stereocenters. The highest BCUT2D eigenvalue weighted by Gasteiger charge is 2.27. The van der Waals surface area contributed by atoms with Crippen LogP contribution in [0.5, 0.6) is 5.75 Å². The molecule has 1 saturated heterocycles. The van der Waals surface area contributed by atoms with Crippen molar-refractivity contribution < 1.29 is 9.53 Å². The molecule has 2 heterocycles. The van der Waals surface area contributed by atoms with Gasteiger partial charge in [0.05, 0.1) is 6.04 Å². The number of benzene rings is 1. The Balaban J connectivity index is 1.46. The summed E-state index contributed by atoms with van der Waals surface area (Å²) in [6.07, 6.45) is 5.64. The molecule has 5 nitrogen and oxygen atoms in total. The number of piperidine rings is 1. The summed E-state index contributed by atoms with van der Waals surface area (Å²) in [6.45, 7) is 8.39. The van der Waals surface area contributed by atoms with E-state index in [0.29, 0.717) is 6.54 Å². The summed E-state index contributed by atoms with van der Waals surface area (Å²) in [5.74, 6) is 0.995. The van der Waals surface area contributed by atoms with Crippen molar-refractivity contribution in [3.05, 3.63) is 59.4 Å². The second kappa shape index (κ2) is 9.00. The molecule has 1 aliphatic heterocycles. The number of nitrogens with zero attached hydrogens (tertiary/aromatic N) is 2. The molecule has 1 fully saturated rings. The quantitative estimate of drug-likeness (QED) is 0.852. The zero-order chi connectivity index (χ0) is 19.2. The summed E-state index contributed by atoms with van der Waals surface area (Å²) < 4.78 is 6.13. The summed E-state index contributed by atoms with van der Waals surface area (Å²) in [6, 6.07) is 9.95. The first-order chi connectivity index (χ1) is 13.0. The number of amides is 1. The topological polar surface area (TPSA) is 54.5 Å². The summed E-state index contributed by atoms with van der Waals surface area (Å²) in [5, 5.41) is 3.08. The molecule has 0 aliphatic carbocycles. The number of likely N-dealkylation sites (tertiary alicyclic amines) is 1. The number of aromatic nitrogens is 1. The predicted octanol–water partition coefficient (Wildman–Crippen LogP) is 3.25. The Hall–Kier alpha value is -2.40. The monoisotopic (exact) mass is 367 g/mol. The van der Waals surface area contributed by atoms with Crippen molar-refractivity contribution in [2.45, 2.75) is 52.3 Å². The van der Waals surface area contributed by atoms with E-state index in [1.807, 2.05) is 38.2 Å². The van der Waals surface area contributed by atoms with Gasteiger partial charge in [-0.05, 0) is 50.8 Å². The van der Waals surface area contributed by atoms with E-state index in [0.717, 1.165) is 42.8 Å². The van der Waals surface area contributed by atoms with Crippen LogP contribution in [0.2, 0.25) is 0 Å². The van der Waals surface area contributed by atoms with Gasteiger partial charge in [0.25, 0.3) is 0 Å². The van der Waals surface area contributed by atoms with Crippen molar-refractivity contribution in [1.29, 1.82) is 0 Å². The third kappa shape index (κ3) is 5.07. The Bertz CT molecular complexity index is 770. The van der Waals surface area contributed by atoms with E-state index in [4.69, 9.17) is 4.74 Å². The van der Waals surface area contributed by atoms with E-state index < -0.39 is 0 Å². The average Bonchev–Trinajstić information content (AvgIpc) is 2.69. The molecule has 2 aromatic rings. The first-order valence-electron chi connectivity index (χ1n) is 9.68. The summed E-state index contributed by atoms with van der Waals surface area (Å²) in [5.41, 5.74) is 3.43. The minimum Gasteiger partial charge on any atom is -0.490 e. The van der Waals surface area contributed by atoms with Gasteiger partial charge in [-0.3, -0.25) is 14.7 Å². The third-order valence-electron chi connectivity index (χ3n) is 5.38. The maximum atomic E-state index is 12.6. The van der Waals surface area contributed by atoms with E-state index in [-0.39, 0.29) is 18.1 Å². The molecule has 0 spiro atoms. The molecule has 0 saturated carbocycles. The number of carbonyl (C=O) groups excluding carboxylic acids is 1. The molecule has 1 aromatic carbocycles. The number of pyridine rings is 1. The maximum Gasteiger partial charge on any atom is 0.237 e. The molecule has 27 heavy (non-hydrogen) atoms. The van der Waals surface area contributed by atoms with Crippen molar-refractivity contribution in [2.75, 3.05) is 13.1 Å². The lowest BCUT2D eigenvalue weighted by molar-refractivity contribution is -0.126. The molecule has 5 heteroatoms. The van der Waals surface area contributed by atoms with E-state index in [2.05, 4.69) is 34.3 Å². The molecule has 0 radical (unpaired) electrons. The summed E-state index contributed by atoms with van der Waals surface area (Å²) in [7, 11) is 0. The Morgan fingerprint density at radius 2 is 1.96 bits per heavy atom. The van der Waals surface area contributed by atoms with Gasteiger partial charge >= 0.3 is 0 Å². The molecular weight excluding hydrogens is 338 g/mol. The number of aryl methyl sites for hydroxylation is 2. The van der Waals surface area contributed by atoms with Crippen LogP contribution < -0.4 is 10.1 Å². The van der Waals surface area contributed by atoms with Crippen LogP contribution >= 0.6 is 0 Å². The Morgan fingerprint density at radius 3 is 2.67 bits per heavy atom. The molecule has 1 aromatic heterocycles. The van der Waals surface area contributed by atoms with E-state index >= 15 is 0 Å². The van der Waals surface area contributed by atoms with Crippen molar-refractivity contribution in [1.82, 2.24) is 15.2 Å². The van der Waals surface area contributed by atoms with Crippen LogP contribution in [0.3, 0.4) is 0 Å². The standard InChI is InChI=1S/C22H29N3O2/c1-16-6-4-5-7-19(16)15-24-22(26)18(3)25-12-9-20(10-13-25)27-21-8-11-23-14-17(21)2/h4-8,11,14,18,20H,9-10,12-13,15H2,1-3H3,(H,24,26). The highest BCUT2D eigenvalue weighted by molar-refractivity contribution is 5.81. The SMILES string of the molecule is Cc1ccccc1CNC(=O)C(C)N1CCC(Oc2ccncc2C)CC1. The number of ether oxygens (including phenoxy) is 1. The molecular formula is C22H29N3O2. The zero-order valence-corrected chi connectivity index (χ0v) is 16.4. The fourth-order valence-electron chi connectivity index (χ4n) is 3.46. The van der Waals surface area contributed by atoms with Gasteiger partial charge < -0.3 is 10.1 Å². The van der Waals surface area contributed by atoms with Crippen LogP contribution in [0.1, 0.15) is 36.5 Å².